The fourth-order valence-corrected chi connectivity index (χ4v) is 6.50. The second-order valence-electron chi connectivity index (χ2n) is 12.6. The van der Waals surface area contributed by atoms with E-state index in [4.69, 9.17) is 28.8 Å². The Morgan fingerprint density at radius 1 is 0.904 bits per heavy atom. The van der Waals surface area contributed by atoms with Gasteiger partial charge in [-0.1, -0.05) is 35.5 Å². The van der Waals surface area contributed by atoms with Gasteiger partial charge in [0.1, 0.15) is 28.4 Å². The number of halogens is 1. The van der Waals surface area contributed by atoms with Gasteiger partial charge in [-0.3, -0.25) is 4.79 Å². The van der Waals surface area contributed by atoms with Gasteiger partial charge in [-0.15, -0.1) is 12.4 Å². The number of rotatable bonds is 12. The van der Waals surface area contributed by atoms with Crippen molar-refractivity contribution in [2.45, 2.75) is 26.2 Å². The van der Waals surface area contributed by atoms with Crippen LogP contribution in [-0.4, -0.2) is 50.4 Å². The van der Waals surface area contributed by atoms with E-state index in [1.807, 2.05) is 60.7 Å². The van der Waals surface area contributed by atoms with Crippen LogP contribution in [0.5, 0.6) is 11.5 Å². The van der Waals surface area contributed by atoms with E-state index in [1.54, 1.807) is 26.4 Å². The van der Waals surface area contributed by atoms with Crippen molar-refractivity contribution in [2.75, 3.05) is 39.3 Å². The van der Waals surface area contributed by atoms with Gasteiger partial charge in [0.15, 0.2) is 17.1 Å². The van der Waals surface area contributed by atoms with Crippen LogP contribution in [0.3, 0.4) is 0 Å². The molecule has 0 atom stereocenters. The molecule has 0 fully saturated rings. The second kappa shape index (κ2) is 15.6. The van der Waals surface area contributed by atoms with Crippen LogP contribution < -0.4 is 25.0 Å². The Bertz CT molecular complexity index is 2370. The number of carbonyl (C=O) groups is 1. The van der Waals surface area contributed by atoms with Crippen molar-refractivity contribution in [2.24, 2.45) is 0 Å². The molecular formula is C41H40ClN5O5. The summed E-state index contributed by atoms with van der Waals surface area (Å²) in [5, 5.41) is 18.0. The van der Waals surface area contributed by atoms with E-state index in [0.717, 1.165) is 80.8 Å². The molecule has 1 aliphatic heterocycles. The van der Waals surface area contributed by atoms with Crippen molar-refractivity contribution in [1.29, 1.82) is 5.41 Å². The largest absolute Gasteiger partial charge is 0.497 e. The summed E-state index contributed by atoms with van der Waals surface area (Å²) in [5.74, 6) is 2.42. The Morgan fingerprint density at radius 3 is 2.33 bits per heavy atom. The van der Waals surface area contributed by atoms with Crippen LogP contribution in [0, 0.1) is 12.3 Å². The molecule has 0 unspecified atom stereocenters. The number of anilines is 1. The Hall–Kier alpha value is -5.87. The van der Waals surface area contributed by atoms with E-state index < -0.39 is 0 Å². The average molecular weight is 718 g/mol. The highest BCUT2D eigenvalue weighted by atomic mass is 35.5. The molecular weight excluding hydrogens is 678 g/mol. The summed E-state index contributed by atoms with van der Waals surface area (Å²) in [6, 6.07) is 28.8. The van der Waals surface area contributed by atoms with E-state index in [-0.39, 0.29) is 24.7 Å². The van der Waals surface area contributed by atoms with Gasteiger partial charge < -0.3 is 34.0 Å². The topological polar surface area (TPSA) is 127 Å². The first-order chi connectivity index (χ1) is 24.8. The smallest absolute Gasteiger partial charge is 0.227 e. The van der Waals surface area contributed by atoms with Crippen molar-refractivity contribution in [3.63, 3.8) is 0 Å². The predicted molar refractivity (Wildman–Crippen MR) is 206 cm³/mol. The molecule has 0 spiro atoms. The summed E-state index contributed by atoms with van der Waals surface area (Å²) in [6.45, 7) is 3.39. The summed E-state index contributed by atoms with van der Waals surface area (Å²) in [4.78, 5) is 20.3. The number of nitrogens with one attached hydrogen (secondary N) is 2. The number of benzene rings is 5. The number of fused-ring (bicyclic) bond motifs is 4. The van der Waals surface area contributed by atoms with Gasteiger partial charge in [-0.2, -0.15) is 0 Å². The number of carbonyl (C=O) groups excluding carboxylic acids is 1. The van der Waals surface area contributed by atoms with Crippen LogP contribution in [0.15, 0.2) is 99.9 Å². The maximum absolute atomic E-state index is 13.2. The van der Waals surface area contributed by atoms with Gasteiger partial charge in [0.05, 0.1) is 31.6 Å². The highest BCUT2D eigenvalue weighted by molar-refractivity contribution is 6.11. The summed E-state index contributed by atoms with van der Waals surface area (Å²) in [7, 11) is 5.33. The van der Waals surface area contributed by atoms with Crippen LogP contribution >= 0.6 is 12.4 Å². The zero-order valence-electron chi connectivity index (χ0n) is 29.5. The van der Waals surface area contributed by atoms with Crippen LogP contribution in [0.1, 0.15) is 24.2 Å². The number of aryl methyl sites for hydroxylation is 1. The van der Waals surface area contributed by atoms with E-state index >= 15 is 0 Å². The van der Waals surface area contributed by atoms with Crippen molar-refractivity contribution < 1.29 is 23.2 Å². The summed E-state index contributed by atoms with van der Waals surface area (Å²) in [6.07, 6.45) is 1.71. The third kappa shape index (κ3) is 7.29. The summed E-state index contributed by atoms with van der Waals surface area (Å²) in [5.41, 5.74) is 7.54. The number of aromatic nitrogens is 2. The normalized spacial score (nSPS) is 11.1. The standard InChI is InChI=1S/C41H39N5O5.ClH/c1-25-8-7-9-31-33(23-36-41(38(25)31)44-32-19-14-28(42)22-34(32)50-36)46(2)21-6-5-20-43-37(47)24-35-39(26-10-15-29(48-3)16-11-26)40(45-51-35)27-12-17-30(49-4)18-13-27;/h7-19,22-23,42H,5-6,20-21,24H2,1-4H3,(H,43,47);1H. The molecule has 11 heteroatoms. The molecule has 266 valence electrons. The number of amides is 1. The minimum atomic E-state index is -0.135. The van der Waals surface area contributed by atoms with E-state index in [9.17, 15) is 4.79 Å². The number of hydrogen-bond donors (Lipinski definition) is 2. The third-order valence-corrected chi connectivity index (χ3v) is 9.18. The Morgan fingerprint density at radius 2 is 1.62 bits per heavy atom. The van der Waals surface area contributed by atoms with Crippen LogP contribution in [0.2, 0.25) is 0 Å². The lowest BCUT2D eigenvalue weighted by molar-refractivity contribution is -0.120. The molecule has 2 heterocycles. The molecule has 5 aromatic rings. The van der Waals surface area contributed by atoms with Gasteiger partial charge in [-0.25, -0.2) is 4.98 Å². The molecule has 2 N–H and O–H groups in total. The highest BCUT2D eigenvalue weighted by Gasteiger charge is 2.22. The number of nitrogens with zero attached hydrogens (tertiary/aromatic N) is 3. The predicted octanol–water partition coefficient (Wildman–Crippen LogP) is 8.21. The van der Waals surface area contributed by atoms with Crippen molar-refractivity contribution >= 4 is 45.9 Å². The van der Waals surface area contributed by atoms with Gasteiger partial charge in [-0.05, 0) is 79.4 Å². The Kier molecular flexibility index (Phi) is 10.8. The molecule has 0 bridgehead atoms. The van der Waals surface area contributed by atoms with E-state index in [1.165, 1.54) is 0 Å². The third-order valence-electron chi connectivity index (χ3n) is 9.18. The lowest BCUT2D eigenvalue weighted by Gasteiger charge is -2.23. The SMILES string of the molecule is COc1ccc(-c2noc(CC(=O)NCCCCN(C)c3cc4oc5cc(=N)ccc-5nc4c4c(C)cccc34)c2-c2ccc(OC)cc2)cc1.Cl. The minimum absolute atomic E-state index is 0. The lowest BCUT2D eigenvalue weighted by Crippen LogP contribution is -2.27. The molecule has 0 radical (unpaired) electrons. The number of methoxy groups -OCH3 is 2. The van der Waals surface area contributed by atoms with Gasteiger partial charge in [0, 0.05) is 54.3 Å². The molecule has 1 aliphatic carbocycles. The van der Waals surface area contributed by atoms with Crippen molar-refractivity contribution in [1.82, 2.24) is 15.5 Å². The van der Waals surface area contributed by atoms with Crippen molar-refractivity contribution in [3.05, 3.63) is 108 Å². The zero-order valence-corrected chi connectivity index (χ0v) is 30.3. The van der Waals surface area contributed by atoms with Gasteiger partial charge in [0.2, 0.25) is 5.91 Å². The fraction of sp³-hybridized carbons (Fsp3) is 0.220. The maximum Gasteiger partial charge on any atom is 0.227 e. The molecule has 52 heavy (non-hydrogen) atoms. The van der Waals surface area contributed by atoms with Gasteiger partial charge in [0.25, 0.3) is 0 Å². The molecule has 4 aromatic carbocycles. The number of hydrogen-bond acceptors (Lipinski definition) is 9. The molecule has 7 rings (SSSR count). The van der Waals surface area contributed by atoms with E-state index in [0.29, 0.717) is 34.7 Å². The Labute approximate surface area is 307 Å². The first-order valence-electron chi connectivity index (χ1n) is 16.9. The summed E-state index contributed by atoms with van der Waals surface area (Å²) < 4.78 is 22.8. The minimum Gasteiger partial charge on any atom is -0.497 e. The second-order valence-corrected chi connectivity index (χ2v) is 12.6. The van der Waals surface area contributed by atoms with Gasteiger partial charge >= 0.3 is 0 Å². The molecule has 2 aliphatic rings. The zero-order chi connectivity index (χ0) is 35.5. The number of ether oxygens (including phenoxy) is 2. The number of unbranched alkanes of at least 4 members (excludes halogenated alkanes) is 1. The first-order valence-corrected chi connectivity index (χ1v) is 16.9. The monoisotopic (exact) mass is 717 g/mol. The quantitative estimate of drug-likeness (QED) is 0.0736. The Balaban J connectivity index is 0.00000464. The van der Waals surface area contributed by atoms with Crippen LogP contribution in [-0.2, 0) is 11.2 Å². The molecule has 10 nitrogen and oxygen atoms in total. The first kappa shape index (κ1) is 35.9. The average Bonchev–Trinajstić information content (AvgIpc) is 3.56. The maximum atomic E-state index is 13.2. The molecule has 0 saturated carbocycles. The van der Waals surface area contributed by atoms with Crippen molar-refractivity contribution in [3.8, 4) is 45.3 Å². The molecule has 1 aromatic heterocycles. The molecule has 1 amide bonds. The molecule has 0 saturated heterocycles. The van der Waals surface area contributed by atoms with Crippen LogP contribution in [0.4, 0.5) is 5.69 Å². The highest BCUT2D eigenvalue weighted by Crippen LogP contribution is 2.38. The lowest BCUT2D eigenvalue weighted by atomic mass is 9.98. The fourth-order valence-electron chi connectivity index (χ4n) is 6.50. The van der Waals surface area contributed by atoms with E-state index in [2.05, 4.69) is 47.5 Å². The summed E-state index contributed by atoms with van der Waals surface area (Å²) >= 11 is 0. The van der Waals surface area contributed by atoms with Crippen LogP contribution in [0.25, 0.3) is 55.7 Å².